The Morgan fingerprint density at radius 2 is 1.69 bits per heavy atom. The summed E-state index contributed by atoms with van der Waals surface area (Å²) >= 11 is 5.57. The van der Waals surface area contributed by atoms with E-state index >= 15 is 0 Å². The van der Waals surface area contributed by atoms with E-state index in [1.54, 1.807) is 6.08 Å². The van der Waals surface area contributed by atoms with E-state index < -0.39 is 0 Å². The molecule has 1 saturated carbocycles. The summed E-state index contributed by atoms with van der Waals surface area (Å²) in [5.41, 5.74) is 1.53. The largest absolute Gasteiger partial charge is 0.0953 e. The Kier molecular flexibility index (Phi) is 5.09. The summed E-state index contributed by atoms with van der Waals surface area (Å²) in [6.07, 6.45) is 6.27. The van der Waals surface area contributed by atoms with E-state index in [0.717, 1.165) is 0 Å². The van der Waals surface area contributed by atoms with Crippen molar-refractivity contribution in [3.05, 3.63) is 35.9 Å². The van der Waals surface area contributed by atoms with Crippen molar-refractivity contribution in [2.75, 3.05) is 0 Å². The number of hydrogen-bond acceptors (Lipinski definition) is 0. The van der Waals surface area contributed by atoms with E-state index in [9.17, 15) is 0 Å². The highest BCUT2D eigenvalue weighted by Crippen LogP contribution is 2.51. The lowest BCUT2D eigenvalue weighted by Gasteiger charge is -2.06. The average molecular weight is 199 g/mol. The van der Waals surface area contributed by atoms with Gasteiger partial charge in [0.2, 0.25) is 0 Å². The zero-order valence-corrected chi connectivity index (χ0v) is 9.62. The lowest BCUT2D eigenvalue weighted by Crippen LogP contribution is -1.93. The van der Waals surface area contributed by atoms with Gasteiger partial charge >= 0.3 is 0 Å². The first kappa shape index (κ1) is 12.5. The summed E-state index contributed by atoms with van der Waals surface area (Å²) in [6.45, 7) is 13.8. The van der Waals surface area contributed by atoms with Gasteiger partial charge in [-0.3, -0.25) is 0 Å². The Labute approximate surface area is 87.0 Å². The third kappa shape index (κ3) is 4.33. The second kappa shape index (κ2) is 5.29. The molecule has 1 aliphatic carbocycles. The smallest absolute Gasteiger partial charge is 0.0334 e. The van der Waals surface area contributed by atoms with Crippen LogP contribution in [0, 0.1) is 5.41 Å². The van der Waals surface area contributed by atoms with Crippen LogP contribution in [0.5, 0.6) is 0 Å². The summed E-state index contributed by atoms with van der Waals surface area (Å²) < 4.78 is 0. The molecular formula is C12H19Cl. The van der Waals surface area contributed by atoms with Crippen LogP contribution in [0.25, 0.3) is 0 Å². The van der Waals surface area contributed by atoms with Crippen LogP contribution in [0.1, 0.15) is 33.6 Å². The molecule has 13 heavy (non-hydrogen) atoms. The van der Waals surface area contributed by atoms with Gasteiger partial charge in [-0.15, -0.1) is 0 Å². The SMILES string of the molecule is C=C(Cl)/C=C\C(=C)C1(C)CC1.CC. The molecule has 0 nitrogen and oxygen atoms in total. The van der Waals surface area contributed by atoms with Gasteiger partial charge in [0.25, 0.3) is 0 Å². The predicted molar refractivity (Wildman–Crippen MR) is 62.0 cm³/mol. The van der Waals surface area contributed by atoms with Crippen molar-refractivity contribution in [2.45, 2.75) is 33.6 Å². The van der Waals surface area contributed by atoms with Gasteiger partial charge in [0.1, 0.15) is 0 Å². The molecule has 0 aliphatic heterocycles. The van der Waals surface area contributed by atoms with E-state index in [0.29, 0.717) is 10.4 Å². The summed E-state index contributed by atoms with van der Waals surface area (Å²) in [6, 6.07) is 0. The second-order valence-electron chi connectivity index (χ2n) is 3.37. The maximum absolute atomic E-state index is 5.57. The molecule has 0 bridgehead atoms. The minimum absolute atomic E-state index is 0.364. The molecule has 0 aromatic rings. The zero-order valence-electron chi connectivity index (χ0n) is 8.86. The standard InChI is InChI=1S/C10H13Cl.C2H6/c1-8(4-5-9(2)11)10(3)6-7-10;1-2/h4-5H,1-2,6-7H2,3H3;1-2H3/b5-4-;. The van der Waals surface area contributed by atoms with Gasteiger partial charge in [-0.05, 0) is 29.9 Å². The highest BCUT2D eigenvalue weighted by atomic mass is 35.5. The molecule has 1 fully saturated rings. The van der Waals surface area contributed by atoms with Gasteiger partial charge in [-0.1, -0.05) is 51.6 Å². The molecular weight excluding hydrogens is 180 g/mol. The van der Waals surface area contributed by atoms with Crippen molar-refractivity contribution in [1.82, 2.24) is 0 Å². The van der Waals surface area contributed by atoms with E-state index in [1.807, 2.05) is 19.9 Å². The molecule has 0 aromatic heterocycles. The average Bonchev–Trinajstić information content (AvgIpc) is 2.84. The van der Waals surface area contributed by atoms with Crippen LogP contribution in [0.15, 0.2) is 35.9 Å². The quantitative estimate of drug-likeness (QED) is 0.578. The summed E-state index contributed by atoms with van der Waals surface area (Å²) in [5, 5.41) is 0.565. The Morgan fingerprint density at radius 3 is 2.00 bits per heavy atom. The number of allylic oxidation sites excluding steroid dienone is 4. The molecule has 1 rings (SSSR count). The first-order valence-electron chi connectivity index (χ1n) is 4.76. The van der Waals surface area contributed by atoms with Crippen molar-refractivity contribution in [3.63, 3.8) is 0 Å². The molecule has 0 amide bonds. The molecule has 0 N–H and O–H groups in total. The Bertz CT molecular complexity index is 219. The van der Waals surface area contributed by atoms with Gasteiger partial charge < -0.3 is 0 Å². The van der Waals surface area contributed by atoms with E-state index in [4.69, 9.17) is 11.6 Å². The lowest BCUT2D eigenvalue weighted by molar-refractivity contribution is 0.712. The molecule has 74 valence electrons. The number of rotatable bonds is 3. The van der Waals surface area contributed by atoms with Crippen LogP contribution in [-0.2, 0) is 0 Å². The predicted octanol–water partition coefficient (Wildman–Crippen LogP) is 4.68. The fraction of sp³-hybridized carbons (Fsp3) is 0.500. The highest BCUT2D eigenvalue weighted by molar-refractivity contribution is 6.30. The molecule has 0 saturated heterocycles. The molecule has 0 unspecified atom stereocenters. The summed E-state index contributed by atoms with van der Waals surface area (Å²) in [4.78, 5) is 0. The Hall–Kier alpha value is -0.490. The molecule has 0 heterocycles. The van der Waals surface area contributed by atoms with Crippen molar-refractivity contribution < 1.29 is 0 Å². The van der Waals surface area contributed by atoms with Gasteiger partial charge in [0.05, 0.1) is 0 Å². The van der Waals surface area contributed by atoms with Crippen LogP contribution in [0.3, 0.4) is 0 Å². The minimum atomic E-state index is 0.364. The number of hydrogen-bond donors (Lipinski definition) is 0. The van der Waals surface area contributed by atoms with Crippen LogP contribution in [0.2, 0.25) is 0 Å². The highest BCUT2D eigenvalue weighted by Gasteiger charge is 2.38. The van der Waals surface area contributed by atoms with Crippen LogP contribution < -0.4 is 0 Å². The second-order valence-corrected chi connectivity index (χ2v) is 3.85. The third-order valence-electron chi connectivity index (χ3n) is 2.24. The summed E-state index contributed by atoms with van der Waals surface area (Å²) in [5.74, 6) is 0. The lowest BCUT2D eigenvalue weighted by atomic mass is 10.00. The van der Waals surface area contributed by atoms with Gasteiger partial charge in [-0.25, -0.2) is 0 Å². The van der Waals surface area contributed by atoms with Gasteiger partial charge in [0, 0.05) is 5.03 Å². The topological polar surface area (TPSA) is 0 Å². The van der Waals surface area contributed by atoms with E-state index in [-0.39, 0.29) is 0 Å². The monoisotopic (exact) mass is 198 g/mol. The zero-order chi connectivity index (χ0) is 10.5. The Morgan fingerprint density at radius 1 is 1.23 bits per heavy atom. The first-order chi connectivity index (χ1) is 6.04. The third-order valence-corrected chi connectivity index (χ3v) is 2.37. The fourth-order valence-corrected chi connectivity index (χ4v) is 0.964. The molecule has 1 heteroatoms. The molecule has 0 aromatic carbocycles. The van der Waals surface area contributed by atoms with Crippen LogP contribution in [0.4, 0.5) is 0 Å². The minimum Gasteiger partial charge on any atom is -0.0953 e. The molecule has 1 aliphatic rings. The van der Waals surface area contributed by atoms with E-state index in [1.165, 1.54) is 18.4 Å². The molecule has 0 radical (unpaired) electrons. The van der Waals surface area contributed by atoms with E-state index in [2.05, 4.69) is 20.1 Å². The van der Waals surface area contributed by atoms with Gasteiger partial charge in [0.15, 0.2) is 0 Å². The normalized spacial score (nSPS) is 17.5. The van der Waals surface area contributed by atoms with Crippen molar-refractivity contribution in [3.8, 4) is 0 Å². The van der Waals surface area contributed by atoms with Crippen LogP contribution >= 0.6 is 11.6 Å². The number of halogens is 1. The van der Waals surface area contributed by atoms with Crippen molar-refractivity contribution in [1.29, 1.82) is 0 Å². The first-order valence-corrected chi connectivity index (χ1v) is 5.14. The van der Waals surface area contributed by atoms with Crippen molar-refractivity contribution >= 4 is 11.6 Å². The maximum Gasteiger partial charge on any atom is 0.0334 e. The fourth-order valence-electron chi connectivity index (χ4n) is 0.901. The van der Waals surface area contributed by atoms with Gasteiger partial charge in [-0.2, -0.15) is 0 Å². The van der Waals surface area contributed by atoms with Crippen LogP contribution in [-0.4, -0.2) is 0 Å². The molecule has 0 spiro atoms. The Balaban J connectivity index is 0.000000671. The maximum atomic E-state index is 5.57. The summed E-state index contributed by atoms with van der Waals surface area (Å²) in [7, 11) is 0. The van der Waals surface area contributed by atoms with Crippen molar-refractivity contribution in [2.24, 2.45) is 5.41 Å². The molecule has 0 atom stereocenters.